The van der Waals surface area contributed by atoms with Crippen LogP contribution >= 0.6 is 0 Å². The average Bonchev–Trinajstić information content (AvgIpc) is 2.77. The molecular formula is C27H53NO5S. The summed E-state index contributed by atoms with van der Waals surface area (Å²) in [7, 11) is -4.29. The van der Waals surface area contributed by atoms with Gasteiger partial charge in [0.25, 0.3) is 10.1 Å². The van der Waals surface area contributed by atoms with E-state index in [1.54, 1.807) is 0 Å². The first-order valence-electron chi connectivity index (χ1n) is 13.9. The van der Waals surface area contributed by atoms with Crippen molar-refractivity contribution in [2.45, 2.75) is 148 Å². The quantitative estimate of drug-likeness (QED) is 0.0770. The molecule has 0 rings (SSSR count). The SMILES string of the molecule is CCC/C=C\CCCCCCCC(=O)NC(CS(=O)(=O)O)C(O)CCCCCCCCCCC. The van der Waals surface area contributed by atoms with Gasteiger partial charge in [0.2, 0.25) is 5.91 Å². The molecule has 6 nitrogen and oxygen atoms in total. The predicted molar refractivity (Wildman–Crippen MR) is 143 cm³/mol. The minimum atomic E-state index is -4.29. The molecule has 2 atom stereocenters. The topological polar surface area (TPSA) is 104 Å². The Hall–Kier alpha value is -0.920. The molecule has 202 valence electrons. The average molecular weight is 504 g/mol. The normalized spacial score (nSPS) is 13.9. The van der Waals surface area contributed by atoms with E-state index in [0.717, 1.165) is 64.2 Å². The van der Waals surface area contributed by atoms with Crippen LogP contribution in [0.5, 0.6) is 0 Å². The summed E-state index contributed by atoms with van der Waals surface area (Å²) in [6.45, 7) is 4.38. The highest BCUT2D eigenvalue weighted by atomic mass is 32.2. The first-order valence-corrected chi connectivity index (χ1v) is 15.5. The maximum Gasteiger partial charge on any atom is 0.266 e. The van der Waals surface area contributed by atoms with Crippen molar-refractivity contribution in [3.8, 4) is 0 Å². The summed E-state index contributed by atoms with van der Waals surface area (Å²) in [4.78, 5) is 12.3. The molecule has 0 aromatic rings. The number of nitrogens with one attached hydrogen (secondary N) is 1. The molecule has 0 heterocycles. The fourth-order valence-corrected chi connectivity index (χ4v) is 4.86. The fraction of sp³-hybridized carbons (Fsp3) is 0.889. The van der Waals surface area contributed by atoms with Gasteiger partial charge in [-0.3, -0.25) is 9.35 Å². The predicted octanol–water partition coefficient (Wildman–Crippen LogP) is 6.73. The molecule has 3 N–H and O–H groups in total. The summed E-state index contributed by atoms with van der Waals surface area (Å²) < 4.78 is 32.0. The van der Waals surface area contributed by atoms with Gasteiger partial charge in [0, 0.05) is 6.42 Å². The van der Waals surface area contributed by atoms with E-state index in [1.165, 1.54) is 44.9 Å². The Labute approximate surface area is 210 Å². The molecule has 0 aliphatic heterocycles. The number of unbranched alkanes of at least 4 members (excludes halogenated alkanes) is 14. The van der Waals surface area contributed by atoms with Crippen LogP contribution < -0.4 is 5.32 Å². The van der Waals surface area contributed by atoms with Gasteiger partial charge >= 0.3 is 0 Å². The third kappa shape index (κ3) is 22.9. The van der Waals surface area contributed by atoms with Crippen LogP contribution in [0.4, 0.5) is 0 Å². The zero-order valence-corrected chi connectivity index (χ0v) is 22.8. The highest BCUT2D eigenvalue weighted by molar-refractivity contribution is 7.85. The van der Waals surface area contributed by atoms with Crippen LogP contribution in [0.25, 0.3) is 0 Å². The molecule has 34 heavy (non-hydrogen) atoms. The van der Waals surface area contributed by atoms with Crippen molar-refractivity contribution in [1.29, 1.82) is 0 Å². The van der Waals surface area contributed by atoms with Crippen LogP contribution in [0.1, 0.15) is 136 Å². The van der Waals surface area contributed by atoms with E-state index in [9.17, 15) is 22.9 Å². The number of rotatable bonds is 24. The molecule has 2 unspecified atom stereocenters. The molecule has 0 aromatic heterocycles. The lowest BCUT2D eigenvalue weighted by Gasteiger charge is -2.23. The summed E-state index contributed by atoms with van der Waals surface area (Å²) in [6, 6.07) is -0.966. The van der Waals surface area contributed by atoms with E-state index in [2.05, 4.69) is 31.3 Å². The largest absolute Gasteiger partial charge is 0.391 e. The summed E-state index contributed by atoms with van der Waals surface area (Å²) in [6.07, 6.45) is 23.1. The Balaban J connectivity index is 4.10. The monoisotopic (exact) mass is 503 g/mol. The van der Waals surface area contributed by atoms with Crippen LogP contribution in [0.3, 0.4) is 0 Å². The van der Waals surface area contributed by atoms with Crippen molar-refractivity contribution in [1.82, 2.24) is 5.32 Å². The molecule has 1 amide bonds. The molecule has 7 heteroatoms. The van der Waals surface area contributed by atoms with Crippen LogP contribution in [0, 0.1) is 0 Å². The second-order valence-electron chi connectivity index (χ2n) is 9.67. The number of hydrogen-bond acceptors (Lipinski definition) is 4. The summed E-state index contributed by atoms with van der Waals surface area (Å²) in [5.74, 6) is -0.912. The molecule has 0 aromatic carbocycles. The minimum absolute atomic E-state index is 0.262. The lowest BCUT2D eigenvalue weighted by molar-refractivity contribution is -0.122. The van der Waals surface area contributed by atoms with E-state index in [1.807, 2.05) is 0 Å². The van der Waals surface area contributed by atoms with E-state index in [-0.39, 0.29) is 5.91 Å². The van der Waals surface area contributed by atoms with Gasteiger partial charge in [0.1, 0.15) is 0 Å². The Kier molecular flexibility index (Phi) is 21.9. The second-order valence-corrected chi connectivity index (χ2v) is 11.2. The van der Waals surface area contributed by atoms with Gasteiger partial charge in [-0.05, 0) is 32.1 Å². The van der Waals surface area contributed by atoms with E-state index in [0.29, 0.717) is 12.8 Å². The Morgan fingerprint density at radius 3 is 1.88 bits per heavy atom. The van der Waals surface area contributed by atoms with Gasteiger partial charge in [-0.15, -0.1) is 0 Å². The van der Waals surface area contributed by atoms with E-state index < -0.39 is 28.0 Å². The number of carbonyl (C=O) groups excluding carboxylic acids is 1. The second kappa shape index (κ2) is 22.5. The molecule has 0 aliphatic rings. The number of hydrogen-bond donors (Lipinski definition) is 3. The van der Waals surface area contributed by atoms with E-state index >= 15 is 0 Å². The first-order chi connectivity index (χ1) is 16.3. The fourth-order valence-electron chi connectivity index (χ4n) is 4.10. The van der Waals surface area contributed by atoms with Gasteiger partial charge in [-0.25, -0.2) is 0 Å². The van der Waals surface area contributed by atoms with Gasteiger partial charge in [0.15, 0.2) is 0 Å². The van der Waals surface area contributed by atoms with Crippen molar-refractivity contribution in [2.24, 2.45) is 0 Å². The van der Waals surface area contributed by atoms with Crippen molar-refractivity contribution >= 4 is 16.0 Å². The number of amides is 1. The van der Waals surface area contributed by atoms with Crippen molar-refractivity contribution in [3.63, 3.8) is 0 Å². The minimum Gasteiger partial charge on any atom is -0.391 e. The molecule has 0 fully saturated rings. The molecule has 0 bridgehead atoms. The van der Waals surface area contributed by atoms with Gasteiger partial charge < -0.3 is 10.4 Å². The van der Waals surface area contributed by atoms with E-state index in [4.69, 9.17) is 0 Å². The third-order valence-electron chi connectivity index (χ3n) is 6.20. The van der Waals surface area contributed by atoms with Gasteiger partial charge in [-0.1, -0.05) is 109 Å². The molecule has 0 spiro atoms. The number of aliphatic hydroxyl groups excluding tert-OH is 1. The molecule has 0 saturated heterocycles. The Bertz CT molecular complexity index is 606. The maximum absolute atomic E-state index is 12.3. The Morgan fingerprint density at radius 2 is 1.29 bits per heavy atom. The van der Waals surface area contributed by atoms with Crippen LogP contribution in [0.2, 0.25) is 0 Å². The third-order valence-corrected chi connectivity index (χ3v) is 6.98. The lowest BCUT2D eigenvalue weighted by atomic mass is 10.0. The number of aliphatic hydroxyl groups is 1. The van der Waals surface area contributed by atoms with Crippen LogP contribution in [0.15, 0.2) is 12.2 Å². The summed E-state index contributed by atoms with van der Waals surface area (Å²) in [5, 5.41) is 13.1. The van der Waals surface area contributed by atoms with Crippen molar-refractivity contribution in [2.75, 3.05) is 5.75 Å². The highest BCUT2D eigenvalue weighted by Crippen LogP contribution is 2.14. The van der Waals surface area contributed by atoms with Gasteiger partial charge in [-0.2, -0.15) is 8.42 Å². The standard InChI is InChI=1S/C27H53NO5S/c1-3-5-7-9-11-13-15-17-19-21-23-27(30)28-25(24-34(31,32)33)26(29)22-20-18-16-14-12-10-8-6-4-2/h7,9,25-26,29H,3-6,8,10-24H2,1-2H3,(H,28,30)(H,31,32,33)/b9-7-. The zero-order chi connectivity index (χ0) is 25.5. The number of carbonyl (C=O) groups is 1. The maximum atomic E-state index is 12.3. The number of allylic oxidation sites excluding steroid dienone is 2. The highest BCUT2D eigenvalue weighted by Gasteiger charge is 2.25. The summed E-state index contributed by atoms with van der Waals surface area (Å²) in [5.41, 5.74) is 0. The molecule has 0 aliphatic carbocycles. The van der Waals surface area contributed by atoms with Crippen molar-refractivity contribution < 1.29 is 22.9 Å². The first kappa shape index (κ1) is 33.1. The molecule has 0 radical (unpaired) electrons. The van der Waals surface area contributed by atoms with Crippen LogP contribution in [-0.2, 0) is 14.9 Å². The molecule has 0 saturated carbocycles. The smallest absolute Gasteiger partial charge is 0.266 e. The Morgan fingerprint density at radius 1 is 0.765 bits per heavy atom. The van der Waals surface area contributed by atoms with Gasteiger partial charge in [0.05, 0.1) is 17.9 Å². The lowest BCUT2D eigenvalue weighted by Crippen LogP contribution is -2.47. The van der Waals surface area contributed by atoms with Crippen molar-refractivity contribution in [3.05, 3.63) is 12.2 Å². The zero-order valence-electron chi connectivity index (χ0n) is 22.0. The molecular weight excluding hydrogens is 450 g/mol. The van der Waals surface area contributed by atoms with Crippen LogP contribution in [-0.4, -0.2) is 41.9 Å². The summed E-state index contributed by atoms with van der Waals surface area (Å²) >= 11 is 0.